The molecular formula is C34H46N2O3. The Morgan fingerprint density at radius 3 is 2.41 bits per heavy atom. The Morgan fingerprint density at radius 1 is 0.872 bits per heavy atom. The van der Waals surface area contributed by atoms with E-state index < -0.39 is 0 Å². The molecule has 2 saturated heterocycles. The molecule has 2 N–H and O–H groups in total. The molecule has 5 nitrogen and oxygen atoms in total. The number of nitrogens with zero attached hydrogens (tertiary/aromatic N) is 2. The third kappa shape index (κ3) is 3.64. The first-order valence-corrected chi connectivity index (χ1v) is 15.5. The van der Waals surface area contributed by atoms with Gasteiger partial charge in [0.25, 0.3) is 0 Å². The summed E-state index contributed by atoms with van der Waals surface area (Å²) >= 11 is 0. The van der Waals surface area contributed by atoms with Gasteiger partial charge >= 0.3 is 0 Å². The third-order valence-corrected chi connectivity index (χ3v) is 12.2. The topological polar surface area (TPSA) is 56.2 Å². The van der Waals surface area contributed by atoms with Gasteiger partial charge in [0.15, 0.2) is 11.5 Å². The third-order valence-electron chi connectivity index (χ3n) is 12.2. The van der Waals surface area contributed by atoms with Crippen molar-refractivity contribution in [2.45, 2.75) is 101 Å². The van der Waals surface area contributed by atoms with Gasteiger partial charge in [-0.2, -0.15) is 0 Å². The van der Waals surface area contributed by atoms with E-state index in [0.29, 0.717) is 41.5 Å². The Morgan fingerprint density at radius 2 is 1.59 bits per heavy atom. The highest BCUT2D eigenvalue weighted by Gasteiger charge is 2.61. The normalized spacial score (nSPS) is 38.3. The number of hydrogen-bond donors (Lipinski definition) is 2. The first-order valence-electron chi connectivity index (χ1n) is 15.5. The largest absolute Gasteiger partial charge is 0.508 e. The average molecular weight is 531 g/mol. The SMILES string of the molecule is CC1C2Cc3ccc(O)cc3C1(C)CCCN2C.CN1CCCC23c4c5ccc(O)c4OC2CCCC3C1C5. The molecule has 2 aromatic carbocycles. The minimum absolute atomic E-state index is 0.190. The second-order valence-electron chi connectivity index (χ2n) is 13.9. The van der Waals surface area contributed by atoms with Gasteiger partial charge in [0.2, 0.25) is 0 Å². The van der Waals surface area contributed by atoms with Crippen molar-refractivity contribution in [3.05, 3.63) is 52.6 Å². The van der Waals surface area contributed by atoms with E-state index in [1.807, 2.05) is 18.2 Å². The zero-order valence-electron chi connectivity index (χ0n) is 24.2. The Hall–Kier alpha value is -2.24. The Labute approximate surface area is 234 Å². The molecule has 7 unspecified atom stereocenters. The van der Waals surface area contributed by atoms with Crippen LogP contribution in [0.2, 0.25) is 0 Å². The van der Waals surface area contributed by atoms with Crippen molar-refractivity contribution in [2.24, 2.45) is 11.8 Å². The maximum Gasteiger partial charge on any atom is 0.165 e. The number of benzene rings is 2. The van der Waals surface area contributed by atoms with Crippen LogP contribution in [0.5, 0.6) is 17.2 Å². The Bertz CT molecular complexity index is 1280. The van der Waals surface area contributed by atoms with Gasteiger partial charge in [-0.3, -0.25) is 0 Å². The van der Waals surface area contributed by atoms with Crippen molar-refractivity contribution in [1.82, 2.24) is 9.80 Å². The summed E-state index contributed by atoms with van der Waals surface area (Å²) in [6.45, 7) is 7.18. The molecular weight excluding hydrogens is 484 g/mol. The summed E-state index contributed by atoms with van der Waals surface area (Å²) in [6.07, 6.45) is 11.3. The molecule has 6 aliphatic rings. The second-order valence-corrected chi connectivity index (χ2v) is 13.9. The minimum atomic E-state index is 0.190. The van der Waals surface area contributed by atoms with Crippen molar-refractivity contribution in [1.29, 1.82) is 0 Å². The summed E-state index contributed by atoms with van der Waals surface area (Å²) in [4.78, 5) is 5.13. The number of rotatable bonds is 0. The van der Waals surface area contributed by atoms with Crippen molar-refractivity contribution >= 4 is 0 Å². The predicted octanol–water partition coefficient (Wildman–Crippen LogP) is 5.78. The summed E-state index contributed by atoms with van der Waals surface area (Å²) in [5.74, 6) is 2.96. The number of likely N-dealkylation sites (tertiary alicyclic amines) is 2. The number of hydrogen-bond acceptors (Lipinski definition) is 5. The molecule has 0 aromatic heterocycles. The Balaban J connectivity index is 0.000000132. The lowest BCUT2D eigenvalue weighted by molar-refractivity contribution is 0.0130. The molecule has 1 spiro atoms. The molecule has 3 heterocycles. The van der Waals surface area contributed by atoms with Crippen LogP contribution in [0.15, 0.2) is 30.3 Å². The van der Waals surface area contributed by atoms with Crippen molar-refractivity contribution in [3.63, 3.8) is 0 Å². The van der Waals surface area contributed by atoms with Gasteiger partial charge in [-0.05, 0) is 137 Å². The zero-order chi connectivity index (χ0) is 27.1. The van der Waals surface area contributed by atoms with E-state index in [-0.39, 0.29) is 10.8 Å². The molecule has 0 radical (unpaired) electrons. The smallest absolute Gasteiger partial charge is 0.165 e. The van der Waals surface area contributed by atoms with Crippen LogP contribution >= 0.6 is 0 Å². The lowest BCUT2D eigenvalue weighted by Crippen LogP contribution is -2.56. The minimum Gasteiger partial charge on any atom is -0.508 e. The summed E-state index contributed by atoms with van der Waals surface area (Å²) in [5.41, 5.74) is 6.07. The number of aromatic hydroxyl groups is 2. The zero-order valence-corrected chi connectivity index (χ0v) is 24.2. The molecule has 39 heavy (non-hydrogen) atoms. The van der Waals surface area contributed by atoms with E-state index in [0.717, 1.165) is 25.0 Å². The van der Waals surface area contributed by atoms with Gasteiger partial charge in [-0.25, -0.2) is 0 Å². The average Bonchev–Trinajstić information content (AvgIpc) is 3.19. The van der Waals surface area contributed by atoms with Crippen LogP contribution < -0.4 is 4.74 Å². The van der Waals surface area contributed by atoms with Gasteiger partial charge in [0.05, 0.1) is 0 Å². The van der Waals surface area contributed by atoms with Crippen LogP contribution in [0.25, 0.3) is 0 Å². The molecule has 8 rings (SSSR count). The molecule has 3 aliphatic heterocycles. The maximum atomic E-state index is 10.3. The van der Waals surface area contributed by atoms with Crippen LogP contribution in [0, 0.1) is 11.8 Å². The fourth-order valence-corrected chi connectivity index (χ4v) is 10.1. The van der Waals surface area contributed by atoms with Crippen LogP contribution in [0.1, 0.15) is 81.0 Å². The lowest BCUT2D eigenvalue weighted by Gasteiger charge is -2.51. The lowest BCUT2D eigenvalue weighted by atomic mass is 9.54. The highest BCUT2D eigenvalue weighted by molar-refractivity contribution is 5.60. The molecule has 5 heteroatoms. The van der Waals surface area contributed by atoms with Gasteiger partial charge in [0, 0.05) is 23.1 Å². The maximum absolute atomic E-state index is 10.3. The molecule has 3 fully saturated rings. The van der Waals surface area contributed by atoms with E-state index in [4.69, 9.17) is 4.74 Å². The van der Waals surface area contributed by atoms with Crippen molar-refractivity contribution in [2.75, 3.05) is 27.2 Å². The Kier molecular flexibility index (Phi) is 6.02. The fraction of sp³-hybridized carbons (Fsp3) is 0.647. The van der Waals surface area contributed by atoms with Gasteiger partial charge in [0.1, 0.15) is 11.9 Å². The van der Waals surface area contributed by atoms with Gasteiger partial charge in [-0.15, -0.1) is 0 Å². The fourth-order valence-electron chi connectivity index (χ4n) is 10.1. The number of fused-ring (bicyclic) bond motifs is 4. The summed E-state index contributed by atoms with van der Waals surface area (Å²) in [5, 5.41) is 20.1. The van der Waals surface area contributed by atoms with E-state index >= 15 is 0 Å². The summed E-state index contributed by atoms with van der Waals surface area (Å²) in [6, 6.07) is 11.3. The first-order chi connectivity index (χ1) is 18.7. The monoisotopic (exact) mass is 530 g/mol. The summed E-state index contributed by atoms with van der Waals surface area (Å²) < 4.78 is 6.33. The van der Waals surface area contributed by atoms with E-state index in [2.05, 4.69) is 49.9 Å². The standard InChI is InChI=1S/C18H23NO2.C16H23NO/c1-19-9-3-8-18-12-4-2-5-15(18)21-17-14(20)7-6-11(16(17)18)10-13(12)19;1-11-15-9-12-5-6-13(18)10-14(12)16(11,2)7-4-8-17(15)3/h6-7,12-13,15,20H,2-5,8-10H2,1H3;5-6,10-11,15,18H,4,7-9H2,1-3H3. The number of likely N-dealkylation sites (N-methyl/N-ethyl adjacent to an activating group) is 2. The second kappa shape index (κ2) is 9.14. The van der Waals surface area contributed by atoms with E-state index in [9.17, 15) is 10.2 Å². The number of ether oxygens (including phenoxy) is 1. The van der Waals surface area contributed by atoms with Crippen LogP contribution in [0.4, 0.5) is 0 Å². The van der Waals surface area contributed by atoms with Crippen LogP contribution in [-0.2, 0) is 23.7 Å². The van der Waals surface area contributed by atoms with Crippen LogP contribution in [-0.4, -0.2) is 65.4 Å². The van der Waals surface area contributed by atoms with Gasteiger partial charge < -0.3 is 24.7 Å². The molecule has 7 atom stereocenters. The van der Waals surface area contributed by atoms with E-state index in [1.54, 1.807) is 0 Å². The van der Waals surface area contributed by atoms with Crippen molar-refractivity contribution in [3.8, 4) is 17.2 Å². The quantitative estimate of drug-likeness (QED) is 0.452. The molecule has 0 amide bonds. The highest BCUT2D eigenvalue weighted by atomic mass is 16.5. The molecule has 2 aromatic rings. The number of phenolic OH excluding ortho intramolecular Hbond substituents is 2. The van der Waals surface area contributed by atoms with E-state index in [1.165, 1.54) is 73.9 Å². The number of phenols is 2. The molecule has 1 saturated carbocycles. The van der Waals surface area contributed by atoms with Crippen LogP contribution in [0.3, 0.4) is 0 Å². The molecule has 3 aliphatic carbocycles. The van der Waals surface area contributed by atoms with Gasteiger partial charge in [-0.1, -0.05) is 26.0 Å². The van der Waals surface area contributed by atoms with Crippen molar-refractivity contribution < 1.29 is 14.9 Å². The first kappa shape index (κ1) is 25.7. The highest BCUT2D eigenvalue weighted by Crippen LogP contribution is 2.63. The molecule has 210 valence electrons. The predicted molar refractivity (Wildman–Crippen MR) is 155 cm³/mol. The summed E-state index contributed by atoms with van der Waals surface area (Å²) in [7, 11) is 4.56. The molecule has 4 bridgehead atoms.